The molecule has 182 valence electrons. The fourth-order valence-electron chi connectivity index (χ4n) is 4.75. The van der Waals surface area contributed by atoms with Crippen molar-refractivity contribution in [3.8, 4) is 17.3 Å². The van der Waals surface area contributed by atoms with E-state index >= 15 is 0 Å². The standard InChI is InChI=1S/C25H25F3N6O/c26-25(27,28)23(33-11-10-18(29)13-33)17-7-9-21-31-32-24(34(21)12-17)19-8-6-16-2-1-3-20(22(16)30-19)35-14-15-4-5-15/h1-3,6-9,12,15,18,23H,4-5,10-11,13-14,29H2/t18-,23+/m1/s1. The second kappa shape index (κ2) is 8.46. The Bertz CT molecular complexity index is 1380. The number of pyridine rings is 2. The summed E-state index contributed by atoms with van der Waals surface area (Å²) >= 11 is 0. The van der Waals surface area contributed by atoms with Crippen LogP contribution in [0, 0.1) is 5.92 Å². The van der Waals surface area contributed by atoms with Gasteiger partial charge in [0.1, 0.15) is 23.0 Å². The first-order valence-electron chi connectivity index (χ1n) is 11.8. The minimum absolute atomic E-state index is 0.120. The highest BCUT2D eigenvalue weighted by Crippen LogP contribution is 2.39. The predicted octanol–water partition coefficient (Wildman–Crippen LogP) is 4.37. The number of aromatic nitrogens is 4. The Morgan fingerprint density at radius 1 is 1.06 bits per heavy atom. The average Bonchev–Trinajstić information content (AvgIpc) is 3.42. The van der Waals surface area contributed by atoms with Crippen LogP contribution in [0.25, 0.3) is 28.1 Å². The van der Waals surface area contributed by atoms with Gasteiger partial charge in [-0.25, -0.2) is 4.98 Å². The Kier molecular flexibility index (Phi) is 5.37. The summed E-state index contributed by atoms with van der Waals surface area (Å²) in [5, 5.41) is 9.33. The lowest BCUT2D eigenvalue weighted by Gasteiger charge is -2.30. The molecule has 4 aromatic rings. The summed E-state index contributed by atoms with van der Waals surface area (Å²) < 4.78 is 50.0. The van der Waals surface area contributed by atoms with Gasteiger partial charge in [-0.2, -0.15) is 13.2 Å². The van der Waals surface area contributed by atoms with Crippen molar-refractivity contribution in [1.29, 1.82) is 0 Å². The van der Waals surface area contributed by atoms with Crippen LogP contribution in [-0.2, 0) is 0 Å². The van der Waals surface area contributed by atoms with Crippen molar-refractivity contribution in [2.45, 2.75) is 37.5 Å². The molecule has 1 aromatic carbocycles. The van der Waals surface area contributed by atoms with Crippen molar-refractivity contribution in [3.63, 3.8) is 0 Å². The molecule has 0 spiro atoms. The first-order chi connectivity index (χ1) is 16.9. The van der Waals surface area contributed by atoms with E-state index in [0.29, 0.717) is 53.9 Å². The molecule has 0 radical (unpaired) electrons. The van der Waals surface area contributed by atoms with E-state index in [0.717, 1.165) is 5.39 Å². The van der Waals surface area contributed by atoms with Gasteiger partial charge in [-0.15, -0.1) is 10.2 Å². The molecule has 6 rings (SSSR count). The molecule has 35 heavy (non-hydrogen) atoms. The number of hydrogen-bond donors (Lipinski definition) is 1. The summed E-state index contributed by atoms with van der Waals surface area (Å²) in [4.78, 5) is 6.18. The van der Waals surface area contributed by atoms with E-state index in [1.165, 1.54) is 30.0 Å². The Morgan fingerprint density at radius 2 is 1.91 bits per heavy atom. The van der Waals surface area contributed by atoms with Crippen LogP contribution in [0.5, 0.6) is 5.75 Å². The second-order valence-corrected chi connectivity index (χ2v) is 9.48. The molecule has 7 nitrogen and oxygen atoms in total. The summed E-state index contributed by atoms with van der Waals surface area (Å²) in [5.74, 6) is 1.66. The van der Waals surface area contributed by atoms with Crippen molar-refractivity contribution in [3.05, 3.63) is 54.2 Å². The van der Waals surface area contributed by atoms with Crippen molar-refractivity contribution in [2.75, 3.05) is 19.7 Å². The molecule has 3 aromatic heterocycles. The minimum atomic E-state index is -4.44. The molecule has 4 heterocycles. The molecule has 0 amide bonds. The zero-order chi connectivity index (χ0) is 24.2. The van der Waals surface area contributed by atoms with Crippen molar-refractivity contribution >= 4 is 16.6 Å². The molecule has 2 aliphatic rings. The maximum atomic E-state index is 14.1. The van der Waals surface area contributed by atoms with E-state index in [1.807, 2.05) is 24.3 Å². The van der Waals surface area contributed by atoms with Crippen LogP contribution < -0.4 is 10.5 Å². The Labute approximate surface area is 199 Å². The van der Waals surface area contributed by atoms with Crippen LogP contribution in [-0.4, -0.2) is 56.4 Å². The Balaban J connectivity index is 1.41. The summed E-state index contributed by atoms with van der Waals surface area (Å²) in [6.07, 6.45) is -0.0760. The maximum Gasteiger partial charge on any atom is 0.408 e. The van der Waals surface area contributed by atoms with Crippen molar-refractivity contribution in [1.82, 2.24) is 24.5 Å². The first-order valence-corrected chi connectivity index (χ1v) is 11.8. The van der Waals surface area contributed by atoms with Crippen LogP contribution in [0.15, 0.2) is 48.7 Å². The predicted molar refractivity (Wildman–Crippen MR) is 125 cm³/mol. The molecule has 0 unspecified atom stereocenters. The zero-order valence-corrected chi connectivity index (χ0v) is 18.9. The van der Waals surface area contributed by atoms with Crippen molar-refractivity contribution in [2.24, 2.45) is 11.7 Å². The molecular weight excluding hydrogens is 457 g/mol. The fourth-order valence-corrected chi connectivity index (χ4v) is 4.75. The summed E-state index contributed by atoms with van der Waals surface area (Å²) in [7, 11) is 0. The van der Waals surface area contributed by atoms with Crippen LogP contribution in [0.4, 0.5) is 13.2 Å². The quantitative estimate of drug-likeness (QED) is 0.440. The smallest absolute Gasteiger partial charge is 0.408 e. The fraction of sp³-hybridized carbons (Fsp3) is 0.400. The van der Waals surface area contributed by atoms with Crippen LogP contribution in [0.1, 0.15) is 30.9 Å². The number of likely N-dealkylation sites (tertiary alicyclic amines) is 1. The molecule has 1 saturated carbocycles. The third-order valence-corrected chi connectivity index (χ3v) is 6.76. The first kappa shape index (κ1) is 22.2. The SMILES string of the molecule is N[C@@H]1CCN([C@@H](c2ccc3nnc(-c4ccc5cccc(OCC6CC6)c5n4)n3c2)C(F)(F)F)C1. The van der Waals surface area contributed by atoms with Crippen LogP contribution in [0.3, 0.4) is 0 Å². The summed E-state index contributed by atoms with van der Waals surface area (Å²) in [6.45, 7) is 1.16. The Hall–Kier alpha value is -3.24. The largest absolute Gasteiger partial charge is 0.491 e. The van der Waals surface area contributed by atoms with E-state index in [4.69, 9.17) is 15.5 Å². The molecule has 0 bridgehead atoms. The lowest BCUT2D eigenvalue weighted by atomic mass is 10.1. The second-order valence-electron chi connectivity index (χ2n) is 9.48. The van der Waals surface area contributed by atoms with Crippen molar-refractivity contribution < 1.29 is 17.9 Å². The van der Waals surface area contributed by atoms with Gasteiger partial charge in [0.25, 0.3) is 0 Å². The summed E-state index contributed by atoms with van der Waals surface area (Å²) in [5.41, 5.74) is 7.67. The van der Waals surface area contributed by atoms with Gasteiger partial charge in [0.15, 0.2) is 11.5 Å². The highest BCUT2D eigenvalue weighted by Gasteiger charge is 2.46. The van der Waals surface area contributed by atoms with Gasteiger partial charge in [-0.05, 0) is 48.9 Å². The topological polar surface area (TPSA) is 81.6 Å². The highest BCUT2D eigenvalue weighted by molar-refractivity contribution is 5.86. The lowest BCUT2D eigenvalue weighted by molar-refractivity contribution is -0.183. The number of benzene rings is 1. The average molecular weight is 483 g/mol. The number of nitrogens with zero attached hydrogens (tertiary/aromatic N) is 5. The lowest BCUT2D eigenvalue weighted by Crippen LogP contribution is -2.38. The van der Waals surface area contributed by atoms with E-state index in [-0.39, 0.29) is 18.2 Å². The minimum Gasteiger partial charge on any atom is -0.491 e. The molecule has 2 N–H and O–H groups in total. The maximum absolute atomic E-state index is 14.1. The number of para-hydroxylation sites is 1. The van der Waals surface area contributed by atoms with E-state index in [1.54, 1.807) is 16.5 Å². The summed E-state index contributed by atoms with van der Waals surface area (Å²) in [6, 6.07) is 10.5. The van der Waals surface area contributed by atoms with Crippen LogP contribution >= 0.6 is 0 Å². The number of nitrogens with two attached hydrogens (primary N) is 1. The number of halogens is 3. The van der Waals surface area contributed by atoms with E-state index < -0.39 is 12.2 Å². The number of alkyl halides is 3. The third-order valence-electron chi connectivity index (χ3n) is 6.76. The van der Waals surface area contributed by atoms with E-state index in [9.17, 15) is 13.2 Å². The van der Waals surface area contributed by atoms with Gasteiger partial charge in [0.05, 0.1) is 6.61 Å². The molecule has 1 aliphatic heterocycles. The van der Waals surface area contributed by atoms with Gasteiger partial charge in [0, 0.05) is 30.7 Å². The number of fused-ring (bicyclic) bond motifs is 2. The number of rotatable bonds is 6. The molecule has 2 atom stereocenters. The van der Waals surface area contributed by atoms with Gasteiger partial charge in [-0.3, -0.25) is 9.30 Å². The van der Waals surface area contributed by atoms with Gasteiger partial charge in [-0.1, -0.05) is 24.3 Å². The molecule has 10 heteroatoms. The van der Waals surface area contributed by atoms with Gasteiger partial charge < -0.3 is 10.5 Å². The Morgan fingerprint density at radius 3 is 2.66 bits per heavy atom. The molecular formula is C25H25F3N6O. The molecule has 1 saturated heterocycles. The third kappa shape index (κ3) is 4.32. The number of hydrogen-bond acceptors (Lipinski definition) is 6. The molecule has 1 aliphatic carbocycles. The zero-order valence-electron chi connectivity index (χ0n) is 18.9. The monoisotopic (exact) mass is 482 g/mol. The van der Waals surface area contributed by atoms with Gasteiger partial charge >= 0.3 is 6.18 Å². The van der Waals surface area contributed by atoms with Gasteiger partial charge in [0.2, 0.25) is 0 Å². The van der Waals surface area contributed by atoms with Crippen LogP contribution in [0.2, 0.25) is 0 Å². The number of ether oxygens (including phenoxy) is 1. The molecule has 2 fully saturated rings. The highest BCUT2D eigenvalue weighted by atomic mass is 19.4. The van der Waals surface area contributed by atoms with E-state index in [2.05, 4.69) is 10.2 Å². The normalized spacial score (nSPS) is 20.1.